The SMILES string of the molecule is COC(=O)c1ccc(-c2cccc3nc(C)nc(NCc4ccccn4)c23)cc1. The van der Waals surface area contributed by atoms with E-state index in [1.54, 1.807) is 18.3 Å². The topological polar surface area (TPSA) is 77.0 Å². The van der Waals surface area contributed by atoms with Crippen LogP contribution >= 0.6 is 0 Å². The molecule has 2 heterocycles. The van der Waals surface area contributed by atoms with E-state index in [9.17, 15) is 4.79 Å². The van der Waals surface area contributed by atoms with Crippen LogP contribution in [0.25, 0.3) is 22.0 Å². The molecule has 0 aliphatic heterocycles. The molecule has 0 saturated heterocycles. The maximum Gasteiger partial charge on any atom is 0.337 e. The molecule has 1 N–H and O–H groups in total. The molecule has 2 aromatic carbocycles. The number of methoxy groups -OCH3 is 1. The van der Waals surface area contributed by atoms with Gasteiger partial charge in [-0.1, -0.05) is 30.3 Å². The van der Waals surface area contributed by atoms with Crippen LogP contribution in [0.15, 0.2) is 66.9 Å². The average Bonchev–Trinajstić information content (AvgIpc) is 2.77. The summed E-state index contributed by atoms with van der Waals surface area (Å²) in [7, 11) is 1.38. The third-order valence-electron chi connectivity index (χ3n) is 4.62. The van der Waals surface area contributed by atoms with Crippen molar-refractivity contribution in [2.75, 3.05) is 12.4 Å². The number of pyridine rings is 1. The van der Waals surface area contributed by atoms with Crippen LogP contribution in [-0.2, 0) is 11.3 Å². The number of nitrogens with zero attached hydrogens (tertiary/aromatic N) is 3. The van der Waals surface area contributed by atoms with Crippen molar-refractivity contribution < 1.29 is 9.53 Å². The molecule has 0 atom stereocenters. The largest absolute Gasteiger partial charge is 0.465 e. The van der Waals surface area contributed by atoms with Gasteiger partial charge in [-0.2, -0.15) is 0 Å². The summed E-state index contributed by atoms with van der Waals surface area (Å²) in [6.07, 6.45) is 1.77. The van der Waals surface area contributed by atoms with Gasteiger partial charge in [-0.15, -0.1) is 0 Å². The number of hydrogen-bond acceptors (Lipinski definition) is 6. The van der Waals surface area contributed by atoms with Crippen LogP contribution in [0.4, 0.5) is 5.82 Å². The van der Waals surface area contributed by atoms with Gasteiger partial charge < -0.3 is 10.1 Å². The Hall–Kier alpha value is -3.80. The van der Waals surface area contributed by atoms with Gasteiger partial charge in [0.2, 0.25) is 0 Å². The monoisotopic (exact) mass is 384 g/mol. The van der Waals surface area contributed by atoms with Crippen molar-refractivity contribution in [3.8, 4) is 11.1 Å². The van der Waals surface area contributed by atoms with Gasteiger partial charge in [0.1, 0.15) is 11.6 Å². The van der Waals surface area contributed by atoms with Gasteiger partial charge in [-0.3, -0.25) is 4.98 Å². The van der Waals surface area contributed by atoms with E-state index in [-0.39, 0.29) is 5.97 Å². The van der Waals surface area contributed by atoms with Crippen LogP contribution in [0.1, 0.15) is 21.9 Å². The predicted molar refractivity (Wildman–Crippen MR) is 113 cm³/mol. The van der Waals surface area contributed by atoms with Gasteiger partial charge in [-0.25, -0.2) is 14.8 Å². The van der Waals surface area contributed by atoms with E-state index in [4.69, 9.17) is 4.74 Å². The number of esters is 1. The summed E-state index contributed by atoms with van der Waals surface area (Å²) in [6.45, 7) is 2.44. The fourth-order valence-corrected chi connectivity index (χ4v) is 3.25. The Balaban J connectivity index is 1.77. The third kappa shape index (κ3) is 3.91. The lowest BCUT2D eigenvalue weighted by Crippen LogP contribution is -2.06. The first kappa shape index (κ1) is 18.6. The molecule has 0 spiro atoms. The second kappa shape index (κ2) is 8.06. The summed E-state index contributed by atoms with van der Waals surface area (Å²) in [5, 5.41) is 4.34. The maximum absolute atomic E-state index is 11.7. The fourth-order valence-electron chi connectivity index (χ4n) is 3.25. The van der Waals surface area contributed by atoms with Crippen LogP contribution < -0.4 is 5.32 Å². The highest BCUT2D eigenvalue weighted by Crippen LogP contribution is 2.32. The first-order valence-corrected chi connectivity index (χ1v) is 9.25. The first-order chi connectivity index (χ1) is 14.2. The van der Waals surface area contributed by atoms with Crippen LogP contribution in [0.3, 0.4) is 0 Å². The molecule has 6 heteroatoms. The van der Waals surface area contributed by atoms with E-state index in [0.29, 0.717) is 17.9 Å². The number of nitrogens with one attached hydrogen (secondary N) is 1. The quantitative estimate of drug-likeness (QED) is 0.514. The summed E-state index contributed by atoms with van der Waals surface area (Å²) < 4.78 is 4.78. The zero-order valence-corrected chi connectivity index (χ0v) is 16.2. The molecule has 0 unspecified atom stereocenters. The van der Waals surface area contributed by atoms with Crippen molar-refractivity contribution in [2.24, 2.45) is 0 Å². The average molecular weight is 384 g/mol. The third-order valence-corrected chi connectivity index (χ3v) is 4.62. The van der Waals surface area contributed by atoms with Crippen molar-refractivity contribution in [3.05, 3.63) is 83.9 Å². The van der Waals surface area contributed by atoms with Gasteiger partial charge in [0, 0.05) is 6.20 Å². The summed E-state index contributed by atoms with van der Waals surface area (Å²) >= 11 is 0. The Labute approximate surface area is 168 Å². The van der Waals surface area contributed by atoms with Crippen LogP contribution in [0.5, 0.6) is 0 Å². The summed E-state index contributed by atoms with van der Waals surface area (Å²) in [5.74, 6) is 1.09. The lowest BCUT2D eigenvalue weighted by Gasteiger charge is -2.13. The lowest BCUT2D eigenvalue weighted by atomic mass is 9.99. The van der Waals surface area contributed by atoms with Gasteiger partial charge in [0.25, 0.3) is 0 Å². The molecule has 144 valence electrons. The lowest BCUT2D eigenvalue weighted by molar-refractivity contribution is 0.0601. The second-order valence-corrected chi connectivity index (χ2v) is 6.56. The molecule has 0 amide bonds. The van der Waals surface area contributed by atoms with Gasteiger partial charge in [0.05, 0.1) is 35.8 Å². The first-order valence-electron chi connectivity index (χ1n) is 9.25. The number of carbonyl (C=O) groups is 1. The summed E-state index contributed by atoms with van der Waals surface area (Å²) in [4.78, 5) is 25.3. The minimum atomic E-state index is -0.355. The number of anilines is 1. The Morgan fingerprint density at radius 2 is 1.83 bits per heavy atom. The number of aromatic nitrogens is 3. The molecular weight excluding hydrogens is 364 g/mol. The molecule has 0 aliphatic carbocycles. The Kier molecular flexibility index (Phi) is 5.16. The molecule has 0 radical (unpaired) electrons. The molecule has 29 heavy (non-hydrogen) atoms. The summed E-state index contributed by atoms with van der Waals surface area (Å²) in [5.41, 5.74) is 4.25. The van der Waals surface area contributed by atoms with E-state index in [2.05, 4.69) is 20.3 Å². The fraction of sp³-hybridized carbons (Fsp3) is 0.130. The maximum atomic E-state index is 11.7. The van der Waals surface area contributed by atoms with Crippen molar-refractivity contribution >= 4 is 22.7 Å². The van der Waals surface area contributed by atoms with E-state index >= 15 is 0 Å². The predicted octanol–water partition coefficient (Wildman–Crippen LogP) is 4.40. The summed E-state index contributed by atoms with van der Waals surface area (Å²) in [6, 6.07) is 19.1. The molecule has 4 rings (SSSR count). The molecule has 6 nitrogen and oxygen atoms in total. The molecule has 0 aliphatic rings. The highest BCUT2D eigenvalue weighted by atomic mass is 16.5. The smallest absolute Gasteiger partial charge is 0.337 e. The highest BCUT2D eigenvalue weighted by Gasteiger charge is 2.13. The zero-order valence-electron chi connectivity index (χ0n) is 16.2. The van der Waals surface area contributed by atoms with Crippen LogP contribution in [0, 0.1) is 6.92 Å². The van der Waals surface area contributed by atoms with Crippen LogP contribution in [0.2, 0.25) is 0 Å². The van der Waals surface area contributed by atoms with E-state index in [1.807, 2.05) is 55.5 Å². The van der Waals surface area contributed by atoms with Gasteiger partial charge in [-0.05, 0) is 48.4 Å². The number of hydrogen-bond donors (Lipinski definition) is 1. The molecule has 2 aromatic heterocycles. The molecule has 0 bridgehead atoms. The Morgan fingerprint density at radius 3 is 2.55 bits per heavy atom. The van der Waals surface area contributed by atoms with Gasteiger partial charge in [0.15, 0.2) is 0 Å². The molecule has 4 aromatic rings. The second-order valence-electron chi connectivity index (χ2n) is 6.56. The number of aryl methyl sites for hydroxylation is 1. The Bertz CT molecular complexity index is 1160. The van der Waals surface area contributed by atoms with E-state index in [0.717, 1.165) is 33.5 Å². The normalized spacial score (nSPS) is 10.7. The van der Waals surface area contributed by atoms with Crippen LogP contribution in [-0.4, -0.2) is 28.0 Å². The van der Waals surface area contributed by atoms with Crippen molar-refractivity contribution in [2.45, 2.75) is 13.5 Å². The molecule has 0 fully saturated rings. The van der Waals surface area contributed by atoms with E-state index in [1.165, 1.54) is 7.11 Å². The molecular formula is C23H20N4O2. The van der Waals surface area contributed by atoms with E-state index < -0.39 is 0 Å². The van der Waals surface area contributed by atoms with Crippen molar-refractivity contribution in [1.82, 2.24) is 15.0 Å². The van der Waals surface area contributed by atoms with Crippen molar-refractivity contribution in [1.29, 1.82) is 0 Å². The zero-order chi connectivity index (χ0) is 20.2. The minimum absolute atomic E-state index is 0.355. The standard InChI is InChI=1S/C23H20N4O2/c1-15-26-20-8-5-7-19(16-9-11-17(12-10-16)23(28)29-2)21(20)22(27-15)25-14-18-6-3-4-13-24-18/h3-13H,14H2,1-2H3,(H,25,26,27). The Morgan fingerprint density at radius 1 is 1.00 bits per heavy atom. The highest BCUT2D eigenvalue weighted by molar-refractivity contribution is 6.02. The minimum Gasteiger partial charge on any atom is -0.465 e. The number of fused-ring (bicyclic) bond motifs is 1. The number of benzene rings is 2. The number of rotatable bonds is 5. The number of carbonyl (C=O) groups excluding carboxylic acids is 1. The van der Waals surface area contributed by atoms with Crippen molar-refractivity contribution in [3.63, 3.8) is 0 Å². The van der Waals surface area contributed by atoms with Gasteiger partial charge >= 0.3 is 5.97 Å². The molecule has 0 saturated carbocycles. The number of ether oxygens (including phenoxy) is 1.